The van der Waals surface area contributed by atoms with Gasteiger partial charge in [-0.2, -0.15) is 0 Å². The fraction of sp³-hybridized carbons (Fsp3) is 0.931. The number of aliphatic hydroxyl groups is 2. The van der Waals surface area contributed by atoms with Gasteiger partial charge in [-0.1, -0.05) is 34.6 Å². The average molecular weight is 479 g/mol. The lowest BCUT2D eigenvalue weighted by atomic mass is 9.45. The average Bonchev–Trinajstić information content (AvgIpc) is 2.77. The Morgan fingerprint density at radius 1 is 1.00 bits per heavy atom. The maximum Gasteiger partial charge on any atom is 0.302 e. The molecule has 0 spiro atoms. The molecule has 9 atom stereocenters. The van der Waals surface area contributed by atoms with Crippen molar-refractivity contribution in [3.63, 3.8) is 0 Å². The number of hydrogen-bond acceptors (Lipinski definition) is 5. The normalized spacial score (nSPS) is 39.6. The van der Waals surface area contributed by atoms with Crippen molar-refractivity contribution >= 4 is 11.8 Å². The molecule has 5 heteroatoms. The van der Waals surface area contributed by atoms with E-state index in [2.05, 4.69) is 20.8 Å². The summed E-state index contributed by atoms with van der Waals surface area (Å²) in [7, 11) is 0. The van der Waals surface area contributed by atoms with Crippen molar-refractivity contribution in [1.82, 2.24) is 0 Å². The second-order valence-electron chi connectivity index (χ2n) is 12.8. The van der Waals surface area contributed by atoms with Gasteiger partial charge >= 0.3 is 5.97 Å². The van der Waals surface area contributed by atoms with Crippen LogP contribution in [0.25, 0.3) is 0 Å². The van der Waals surface area contributed by atoms with Gasteiger partial charge in [-0.05, 0) is 98.2 Å². The molecule has 3 fully saturated rings. The monoisotopic (exact) mass is 478 g/mol. The van der Waals surface area contributed by atoms with Crippen LogP contribution in [0.3, 0.4) is 0 Å². The first kappa shape index (κ1) is 27.6. The van der Waals surface area contributed by atoms with E-state index in [0.29, 0.717) is 30.6 Å². The summed E-state index contributed by atoms with van der Waals surface area (Å²) in [4.78, 5) is 23.8. The van der Waals surface area contributed by atoms with Gasteiger partial charge in [-0.25, -0.2) is 0 Å². The minimum absolute atomic E-state index is 0.0493. The van der Waals surface area contributed by atoms with Crippen LogP contribution in [-0.2, 0) is 14.3 Å². The molecule has 0 aromatic rings. The number of carbonyl (C=O) groups is 2. The Hall–Kier alpha value is -0.940. The molecule has 0 radical (unpaired) electrons. The highest BCUT2D eigenvalue weighted by atomic mass is 16.5. The minimum Gasteiger partial charge on any atom is -0.466 e. The van der Waals surface area contributed by atoms with Crippen LogP contribution in [0, 0.1) is 46.3 Å². The van der Waals surface area contributed by atoms with Crippen molar-refractivity contribution in [3.8, 4) is 0 Å². The summed E-state index contributed by atoms with van der Waals surface area (Å²) in [6.07, 6.45) is 8.64. The van der Waals surface area contributed by atoms with Crippen molar-refractivity contribution in [2.75, 3.05) is 6.61 Å². The Morgan fingerprint density at radius 3 is 2.35 bits per heavy atom. The van der Waals surface area contributed by atoms with Gasteiger partial charge in [0.25, 0.3) is 0 Å². The molecule has 0 heterocycles. The summed E-state index contributed by atoms with van der Waals surface area (Å²) >= 11 is 0. The van der Waals surface area contributed by atoms with Crippen molar-refractivity contribution in [1.29, 1.82) is 0 Å². The zero-order valence-corrected chi connectivity index (χ0v) is 22.5. The van der Waals surface area contributed by atoms with Crippen LogP contribution in [0.2, 0.25) is 0 Å². The third-order valence-corrected chi connectivity index (χ3v) is 10.6. The van der Waals surface area contributed by atoms with E-state index in [4.69, 9.17) is 4.74 Å². The highest BCUT2D eigenvalue weighted by molar-refractivity contribution is 5.80. The van der Waals surface area contributed by atoms with Gasteiger partial charge in [0.05, 0.1) is 18.8 Å². The quantitative estimate of drug-likeness (QED) is 0.424. The van der Waals surface area contributed by atoms with E-state index >= 15 is 0 Å². The van der Waals surface area contributed by atoms with Gasteiger partial charge in [-0.15, -0.1) is 0 Å². The van der Waals surface area contributed by atoms with Gasteiger partial charge in [0.15, 0.2) is 0 Å². The van der Waals surface area contributed by atoms with E-state index in [1.54, 1.807) is 0 Å². The molecular formula is C29H50O5. The molecule has 3 rings (SSSR count). The van der Waals surface area contributed by atoms with Gasteiger partial charge in [0, 0.05) is 19.3 Å². The minimum atomic E-state index is -0.388. The molecule has 0 bridgehead atoms. The largest absolute Gasteiger partial charge is 0.466 e. The van der Waals surface area contributed by atoms with Gasteiger partial charge < -0.3 is 14.9 Å². The predicted molar refractivity (Wildman–Crippen MR) is 134 cm³/mol. The Morgan fingerprint density at radius 2 is 1.71 bits per heavy atom. The van der Waals surface area contributed by atoms with Crippen molar-refractivity contribution in [2.24, 2.45) is 46.3 Å². The molecule has 0 unspecified atom stereocenters. The predicted octanol–water partition coefficient (Wildman–Crippen LogP) is 5.55. The van der Waals surface area contributed by atoms with E-state index < -0.39 is 0 Å². The smallest absolute Gasteiger partial charge is 0.302 e. The lowest BCUT2D eigenvalue weighted by molar-refractivity contribution is -0.176. The van der Waals surface area contributed by atoms with Gasteiger partial charge in [-0.3, -0.25) is 9.59 Å². The second kappa shape index (κ2) is 11.0. The van der Waals surface area contributed by atoms with Crippen LogP contribution < -0.4 is 0 Å². The second-order valence-corrected chi connectivity index (χ2v) is 12.8. The Balaban J connectivity index is 1.79. The maximum absolute atomic E-state index is 12.3. The summed E-state index contributed by atoms with van der Waals surface area (Å²) in [6, 6.07) is 0. The van der Waals surface area contributed by atoms with Crippen molar-refractivity contribution in [2.45, 2.75) is 118 Å². The molecule has 0 amide bonds. The lowest BCUT2D eigenvalue weighted by Crippen LogP contribution is -2.58. The summed E-state index contributed by atoms with van der Waals surface area (Å²) in [6.45, 7) is 12.6. The zero-order valence-electron chi connectivity index (χ0n) is 22.5. The topological polar surface area (TPSA) is 83.8 Å². The molecule has 3 aliphatic carbocycles. The molecule has 0 aromatic heterocycles. The van der Waals surface area contributed by atoms with E-state index in [9.17, 15) is 19.8 Å². The molecule has 196 valence electrons. The van der Waals surface area contributed by atoms with Gasteiger partial charge in [0.2, 0.25) is 0 Å². The van der Waals surface area contributed by atoms with Crippen LogP contribution in [0.1, 0.15) is 106 Å². The Labute approximate surface area is 207 Å². The number of rotatable bonds is 9. The Kier molecular flexibility index (Phi) is 8.93. The summed E-state index contributed by atoms with van der Waals surface area (Å²) in [5.74, 6) is 1.91. The number of ether oxygens (including phenoxy) is 1. The molecule has 5 nitrogen and oxygen atoms in total. The zero-order chi connectivity index (χ0) is 25.3. The fourth-order valence-corrected chi connectivity index (χ4v) is 8.30. The molecule has 0 aliphatic heterocycles. The third kappa shape index (κ3) is 5.56. The molecule has 0 aromatic carbocycles. The third-order valence-electron chi connectivity index (χ3n) is 10.6. The number of ketones is 1. The molecule has 34 heavy (non-hydrogen) atoms. The number of fused-ring (bicyclic) bond motifs is 3. The SMILES string of the molecule is CC(=O)OCC[C@H]([C@H](C)CCC(=O)C(C)C)[C@@]1(C)CC[C@H]2[C@@H](CC[C@H]3C[C@@H](O)CC[C@@]32C)[C@@H]1O. The fourth-order valence-electron chi connectivity index (χ4n) is 8.30. The first-order valence-corrected chi connectivity index (χ1v) is 13.9. The summed E-state index contributed by atoms with van der Waals surface area (Å²) in [5, 5.41) is 22.2. The van der Waals surface area contributed by atoms with Crippen molar-refractivity contribution in [3.05, 3.63) is 0 Å². The molecule has 3 aliphatic rings. The number of hydrogen-bond donors (Lipinski definition) is 2. The highest BCUT2D eigenvalue weighted by Gasteiger charge is 2.58. The van der Waals surface area contributed by atoms with Crippen LogP contribution in [0.15, 0.2) is 0 Å². The number of carbonyl (C=O) groups excluding carboxylic acids is 2. The number of aliphatic hydroxyl groups excluding tert-OH is 2. The standard InChI is InChI=1S/C29H50O5/c1-18(2)26(32)10-7-19(3)24(13-16-34-20(4)30)29(6)15-12-25-23(27(29)33)9-8-21-17-22(31)11-14-28(21,25)5/h18-19,21-25,27,31,33H,7-17H2,1-6H3/t19-,21+,22+,23-,24-,25+,27+,28+,29-/m1/s1. The van der Waals surface area contributed by atoms with Gasteiger partial charge in [0.1, 0.15) is 5.78 Å². The molecule has 2 N–H and O–H groups in total. The van der Waals surface area contributed by atoms with Crippen LogP contribution >= 0.6 is 0 Å². The summed E-state index contributed by atoms with van der Waals surface area (Å²) < 4.78 is 5.35. The van der Waals surface area contributed by atoms with Crippen LogP contribution in [0.5, 0.6) is 0 Å². The molecular weight excluding hydrogens is 428 g/mol. The van der Waals surface area contributed by atoms with E-state index in [1.165, 1.54) is 6.92 Å². The van der Waals surface area contributed by atoms with Crippen molar-refractivity contribution < 1.29 is 24.5 Å². The van der Waals surface area contributed by atoms with E-state index in [-0.39, 0.29) is 52.7 Å². The van der Waals surface area contributed by atoms with Crippen LogP contribution in [-0.4, -0.2) is 40.8 Å². The van der Waals surface area contributed by atoms with Crippen LogP contribution in [0.4, 0.5) is 0 Å². The molecule has 3 saturated carbocycles. The number of esters is 1. The van der Waals surface area contributed by atoms with E-state index in [0.717, 1.165) is 57.8 Å². The first-order chi connectivity index (χ1) is 15.9. The highest BCUT2D eigenvalue weighted by Crippen LogP contribution is 2.63. The molecule has 0 saturated heterocycles. The number of Topliss-reactive ketones (excluding diaryl/α,β-unsaturated/α-hetero) is 1. The Bertz CT molecular complexity index is 719. The summed E-state index contributed by atoms with van der Waals surface area (Å²) in [5.41, 5.74) is -0.0357. The maximum atomic E-state index is 12.3. The van der Waals surface area contributed by atoms with E-state index in [1.807, 2.05) is 13.8 Å². The first-order valence-electron chi connectivity index (χ1n) is 13.9. The lowest BCUT2D eigenvalue weighted by Gasteiger charge is -2.61.